The van der Waals surface area contributed by atoms with Gasteiger partial charge in [0.05, 0.1) is 22.5 Å². The van der Waals surface area contributed by atoms with Crippen LogP contribution in [0.2, 0.25) is 0 Å². The molecular weight excluding hydrogens is 404 g/mol. The number of nitrogens with zero attached hydrogens (tertiary/aromatic N) is 2. The van der Waals surface area contributed by atoms with Crippen molar-refractivity contribution in [3.05, 3.63) is 90.3 Å². The fourth-order valence-corrected chi connectivity index (χ4v) is 2.99. The van der Waals surface area contributed by atoms with Crippen LogP contribution in [0, 0.1) is 11.6 Å². The number of halogens is 2. The van der Waals surface area contributed by atoms with Crippen LogP contribution in [-0.2, 0) is 9.53 Å². The van der Waals surface area contributed by atoms with Crippen LogP contribution in [-0.4, -0.2) is 28.5 Å². The highest BCUT2D eigenvalue weighted by atomic mass is 19.1. The molecule has 0 aliphatic carbocycles. The number of aromatic nitrogens is 2. The molecule has 31 heavy (non-hydrogen) atoms. The smallest absolute Gasteiger partial charge is 0.339 e. The van der Waals surface area contributed by atoms with Crippen LogP contribution >= 0.6 is 0 Å². The Morgan fingerprint density at radius 2 is 1.84 bits per heavy atom. The third kappa shape index (κ3) is 4.53. The number of carbonyl (C=O) groups is 2. The molecule has 0 aliphatic heterocycles. The van der Waals surface area contributed by atoms with Crippen molar-refractivity contribution >= 4 is 28.5 Å². The Morgan fingerprint density at radius 1 is 1.00 bits per heavy atom. The van der Waals surface area contributed by atoms with Crippen molar-refractivity contribution in [1.29, 1.82) is 0 Å². The molecule has 0 fully saturated rings. The summed E-state index contributed by atoms with van der Waals surface area (Å²) >= 11 is 0. The Labute approximate surface area is 175 Å². The molecule has 4 rings (SSSR count). The van der Waals surface area contributed by atoms with Gasteiger partial charge in [0.15, 0.2) is 6.61 Å². The molecule has 8 heteroatoms. The normalized spacial score (nSPS) is 10.6. The Morgan fingerprint density at radius 3 is 2.65 bits per heavy atom. The maximum absolute atomic E-state index is 13.7. The van der Waals surface area contributed by atoms with Crippen molar-refractivity contribution in [3.63, 3.8) is 0 Å². The Kier molecular flexibility index (Phi) is 5.61. The number of carbonyl (C=O) groups excluding carboxylic acids is 2. The summed E-state index contributed by atoms with van der Waals surface area (Å²) < 4.78 is 32.0. The number of anilines is 1. The summed E-state index contributed by atoms with van der Waals surface area (Å²) in [5, 5.41) is 2.73. The molecule has 0 saturated heterocycles. The summed E-state index contributed by atoms with van der Waals surface area (Å²) in [6.07, 6.45) is 3.24. The third-order valence-corrected chi connectivity index (χ3v) is 4.43. The quantitative estimate of drug-likeness (QED) is 0.486. The van der Waals surface area contributed by atoms with Gasteiger partial charge in [-0.25, -0.2) is 18.6 Å². The highest BCUT2D eigenvalue weighted by Crippen LogP contribution is 2.25. The minimum atomic E-state index is -0.803. The zero-order chi connectivity index (χ0) is 21.8. The van der Waals surface area contributed by atoms with Gasteiger partial charge in [0, 0.05) is 29.4 Å². The van der Waals surface area contributed by atoms with Gasteiger partial charge in [-0.05, 0) is 36.4 Å². The van der Waals surface area contributed by atoms with Crippen molar-refractivity contribution in [1.82, 2.24) is 9.97 Å². The number of nitrogens with one attached hydrogen (secondary N) is 1. The lowest BCUT2D eigenvalue weighted by molar-refractivity contribution is -0.119. The molecule has 4 aromatic rings. The van der Waals surface area contributed by atoms with E-state index in [-0.39, 0.29) is 11.3 Å². The monoisotopic (exact) mass is 419 g/mol. The van der Waals surface area contributed by atoms with Gasteiger partial charge in [-0.3, -0.25) is 9.78 Å². The van der Waals surface area contributed by atoms with Crippen molar-refractivity contribution in [2.24, 2.45) is 0 Å². The molecule has 0 aliphatic rings. The van der Waals surface area contributed by atoms with E-state index in [9.17, 15) is 18.4 Å². The lowest BCUT2D eigenvalue weighted by Gasteiger charge is -2.10. The van der Waals surface area contributed by atoms with E-state index in [1.54, 1.807) is 54.9 Å². The fraction of sp³-hybridized carbons (Fsp3) is 0.0435. The van der Waals surface area contributed by atoms with E-state index in [0.29, 0.717) is 22.2 Å². The molecule has 0 atom stereocenters. The van der Waals surface area contributed by atoms with Crippen LogP contribution in [0.4, 0.5) is 14.5 Å². The first kappa shape index (κ1) is 20.1. The second-order valence-corrected chi connectivity index (χ2v) is 6.56. The van der Waals surface area contributed by atoms with Crippen LogP contribution in [0.5, 0.6) is 0 Å². The summed E-state index contributed by atoms with van der Waals surface area (Å²) in [4.78, 5) is 33.4. The second-order valence-electron chi connectivity index (χ2n) is 6.56. The number of hydrogen-bond donors (Lipinski definition) is 1. The van der Waals surface area contributed by atoms with Crippen molar-refractivity contribution in [2.75, 3.05) is 11.9 Å². The average Bonchev–Trinajstić information content (AvgIpc) is 2.79. The summed E-state index contributed by atoms with van der Waals surface area (Å²) in [6, 6.07) is 14.8. The largest absolute Gasteiger partial charge is 0.452 e. The number of fused-ring (bicyclic) bond motifs is 1. The minimum absolute atomic E-state index is 0.217. The zero-order valence-corrected chi connectivity index (χ0v) is 16.0. The predicted molar refractivity (Wildman–Crippen MR) is 110 cm³/mol. The van der Waals surface area contributed by atoms with Gasteiger partial charge in [-0.2, -0.15) is 0 Å². The van der Waals surface area contributed by atoms with Crippen LogP contribution < -0.4 is 5.32 Å². The maximum atomic E-state index is 13.7. The number of para-hydroxylation sites is 1. The minimum Gasteiger partial charge on any atom is -0.452 e. The first-order valence-corrected chi connectivity index (χ1v) is 9.23. The first-order valence-electron chi connectivity index (χ1n) is 9.23. The van der Waals surface area contributed by atoms with E-state index < -0.39 is 30.1 Å². The van der Waals surface area contributed by atoms with E-state index in [4.69, 9.17) is 4.74 Å². The van der Waals surface area contributed by atoms with Crippen molar-refractivity contribution in [2.45, 2.75) is 0 Å². The summed E-state index contributed by atoms with van der Waals surface area (Å²) in [7, 11) is 0. The predicted octanol–water partition coefficient (Wildman–Crippen LogP) is 4.37. The van der Waals surface area contributed by atoms with Crippen LogP contribution in [0.25, 0.3) is 22.2 Å². The highest BCUT2D eigenvalue weighted by Gasteiger charge is 2.17. The lowest BCUT2D eigenvalue weighted by atomic mass is 10.1. The molecule has 154 valence electrons. The molecule has 0 radical (unpaired) electrons. The molecule has 2 heterocycles. The summed E-state index contributed by atoms with van der Waals surface area (Å²) in [6.45, 7) is -0.673. The van der Waals surface area contributed by atoms with Crippen LogP contribution in [0.1, 0.15) is 10.4 Å². The average molecular weight is 419 g/mol. The second kappa shape index (κ2) is 8.66. The number of benzene rings is 2. The number of pyridine rings is 2. The molecule has 0 spiro atoms. The van der Waals surface area contributed by atoms with E-state index in [1.807, 2.05) is 0 Å². The van der Waals surface area contributed by atoms with E-state index in [1.165, 1.54) is 0 Å². The zero-order valence-electron chi connectivity index (χ0n) is 16.0. The van der Waals surface area contributed by atoms with Gasteiger partial charge in [0.2, 0.25) is 0 Å². The van der Waals surface area contributed by atoms with Crippen molar-refractivity contribution < 1.29 is 23.1 Å². The van der Waals surface area contributed by atoms with E-state index in [0.717, 1.165) is 18.2 Å². The number of hydrogen-bond acceptors (Lipinski definition) is 5. The topological polar surface area (TPSA) is 81.2 Å². The molecule has 0 bridgehead atoms. The number of amides is 1. The number of esters is 1. The van der Waals surface area contributed by atoms with Gasteiger partial charge in [-0.1, -0.05) is 18.2 Å². The number of ether oxygens (including phenoxy) is 1. The van der Waals surface area contributed by atoms with Crippen LogP contribution in [0.3, 0.4) is 0 Å². The molecule has 0 saturated carbocycles. The molecule has 2 aromatic heterocycles. The highest BCUT2D eigenvalue weighted by molar-refractivity contribution is 6.05. The van der Waals surface area contributed by atoms with Gasteiger partial charge >= 0.3 is 5.97 Å². The van der Waals surface area contributed by atoms with Gasteiger partial charge < -0.3 is 10.1 Å². The first-order chi connectivity index (χ1) is 15.0. The molecule has 1 N–H and O–H groups in total. The van der Waals surface area contributed by atoms with E-state index >= 15 is 0 Å². The van der Waals surface area contributed by atoms with Crippen LogP contribution in [0.15, 0.2) is 73.1 Å². The molecule has 6 nitrogen and oxygen atoms in total. The Hall–Kier alpha value is -4.20. The van der Waals surface area contributed by atoms with Crippen molar-refractivity contribution in [3.8, 4) is 11.3 Å². The third-order valence-electron chi connectivity index (χ3n) is 4.43. The molecule has 2 aromatic carbocycles. The molecule has 0 unspecified atom stereocenters. The number of rotatable bonds is 5. The fourth-order valence-electron chi connectivity index (χ4n) is 2.99. The summed E-state index contributed by atoms with van der Waals surface area (Å²) in [5.74, 6) is -3.07. The van der Waals surface area contributed by atoms with Gasteiger partial charge in [0.25, 0.3) is 5.91 Å². The SMILES string of the molecule is O=C(COC(=O)c1cc(-c2cccnc2)nc2ccccc12)Nc1cc(F)ccc1F. The standard InChI is InChI=1S/C23H15F2N3O3/c24-15-7-8-18(25)21(10-15)28-22(29)13-31-23(30)17-11-20(14-4-3-9-26-12-14)27-19-6-2-1-5-16(17)19/h1-12H,13H2,(H,28,29). The van der Waals surface area contributed by atoms with E-state index in [2.05, 4.69) is 15.3 Å². The molecular formula is C23H15F2N3O3. The summed E-state index contributed by atoms with van der Waals surface area (Å²) in [5.41, 5.74) is 1.68. The Balaban J connectivity index is 1.56. The lowest BCUT2D eigenvalue weighted by Crippen LogP contribution is -2.21. The van der Waals surface area contributed by atoms with Gasteiger partial charge in [0.1, 0.15) is 11.6 Å². The Bertz CT molecular complexity index is 1280. The van der Waals surface area contributed by atoms with Gasteiger partial charge in [-0.15, -0.1) is 0 Å². The molecule has 1 amide bonds. The maximum Gasteiger partial charge on any atom is 0.339 e.